The van der Waals surface area contributed by atoms with Crippen LogP contribution in [0.15, 0.2) is 35.6 Å². The third-order valence-electron chi connectivity index (χ3n) is 3.52. The minimum atomic E-state index is -0.825. The number of allylic oxidation sites excluding steroid dienone is 2. The van der Waals surface area contributed by atoms with Gasteiger partial charge in [0.15, 0.2) is 0 Å². The van der Waals surface area contributed by atoms with E-state index in [4.69, 9.17) is 0 Å². The van der Waals surface area contributed by atoms with Crippen molar-refractivity contribution in [2.45, 2.75) is 12.5 Å². The second-order valence-corrected chi connectivity index (χ2v) is 4.39. The molecule has 3 aliphatic rings. The summed E-state index contributed by atoms with van der Waals surface area (Å²) in [5.41, 5.74) is 2.13. The Labute approximate surface area is 93.9 Å². The zero-order valence-electron chi connectivity index (χ0n) is 8.89. The van der Waals surface area contributed by atoms with E-state index in [0.717, 1.165) is 24.2 Å². The highest BCUT2D eigenvalue weighted by Crippen LogP contribution is 2.36. The molecule has 84 valence electrons. The number of hydrogen-bond acceptors (Lipinski definition) is 2. The Balaban J connectivity index is 2.07. The van der Waals surface area contributed by atoms with E-state index in [2.05, 4.69) is 11.4 Å². The van der Waals surface area contributed by atoms with Gasteiger partial charge in [0.1, 0.15) is 0 Å². The van der Waals surface area contributed by atoms with Crippen LogP contribution in [0.2, 0.25) is 0 Å². The summed E-state index contributed by atoms with van der Waals surface area (Å²) in [5.74, 6) is 0.360. The molecule has 0 aromatic carbocycles. The largest absolute Gasteiger partial charge is 0.465 e. The van der Waals surface area contributed by atoms with Crippen LogP contribution in [0.4, 0.5) is 4.79 Å². The van der Waals surface area contributed by atoms with Crippen LogP contribution in [0, 0.1) is 5.92 Å². The summed E-state index contributed by atoms with van der Waals surface area (Å²) in [6, 6.07) is 0.191. The SMILES string of the molecule is O=C(O)N1CCC2CNC3C=CC=CC3=C21. The van der Waals surface area contributed by atoms with Gasteiger partial charge in [-0.1, -0.05) is 24.3 Å². The van der Waals surface area contributed by atoms with Gasteiger partial charge in [-0.25, -0.2) is 4.79 Å². The maximum atomic E-state index is 11.2. The standard InChI is InChI=1S/C12H14N2O2/c15-12(16)14-6-5-8-7-13-10-4-2-1-3-9(10)11(8)14/h1-4,8,10,13H,5-7H2,(H,15,16). The molecule has 16 heavy (non-hydrogen) atoms. The predicted octanol–water partition coefficient (Wildman–Crippen LogP) is 1.34. The highest BCUT2D eigenvalue weighted by molar-refractivity contribution is 5.69. The molecule has 0 radical (unpaired) electrons. The lowest BCUT2D eigenvalue weighted by atomic mass is 9.89. The quantitative estimate of drug-likeness (QED) is 0.645. The van der Waals surface area contributed by atoms with E-state index in [1.807, 2.05) is 18.2 Å². The molecular weight excluding hydrogens is 204 g/mol. The molecule has 4 nitrogen and oxygen atoms in total. The molecule has 2 aliphatic heterocycles. The zero-order chi connectivity index (χ0) is 11.1. The van der Waals surface area contributed by atoms with Crippen LogP contribution in [0.3, 0.4) is 0 Å². The molecule has 0 spiro atoms. The molecule has 0 bridgehead atoms. The van der Waals surface area contributed by atoms with Gasteiger partial charge < -0.3 is 10.4 Å². The van der Waals surface area contributed by atoms with E-state index in [-0.39, 0.29) is 6.04 Å². The first-order valence-electron chi connectivity index (χ1n) is 5.60. The smallest absolute Gasteiger partial charge is 0.411 e. The van der Waals surface area contributed by atoms with Crippen LogP contribution in [0.25, 0.3) is 0 Å². The monoisotopic (exact) mass is 218 g/mol. The summed E-state index contributed by atoms with van der Waals surface area (Å²) in [7, 11) is 0. The zero-order valence-corrected chi connectivity index (χ0v) is 8.89. The Hall–Kier alpha value is -1.55. The number of nitrogens with zero attached hydrogens (tertiary/aromatic N) is 1. The third-order valence-corrected chi connectivity index (χ3v) is 3.52. The Morgan fingerprint density at radius 1 is 1.50 bits per heavy atom. The highest BCUT2D eigenvalue weighted by atomic mass is 16.4. The molecular formula is C12H14N2O2. The van der Waals surface area contributed by atoms with Crippen molar-refractivity contribution in [2.24, 2.45) is 5.92 Å². The fourth-order valence-electron chi connectivity index (χ4n) is 2.79. The molecule has 0 aromatic rings. The lowest BCUT2D eigenvalue weighted by molar-refractivity contribution is 0.162. The van der Waals surface area contributed by atoms with Gasteiger partial charge in [-0.3, -0.25) is 4.90 Å². The van der Waals surface area contributed by atoms with E-state index in [9.17, 15) is 9.90 Å². The summed E-state index contributed by atoms with van der Waals surface area (Å²) in [6.45, 7) is 1.51. The minimum Gasteiger partial charge on any atom is -0.465 e. The van der Waals surface area contributed by atoms with Crippen molar-refractivity contribution in [2.75, 3.05) is 13.1 Å². The van der Waals surface area contributed by atoms with Gasteiger partial charge in [0.2, 0.25) is 0 Å². The first-order chi connectivity index (χ1) is 7.77. The molecule has 1 aliphatic carbocycles. The van der Waals surface area contributed by atoms with Gasteiger partial charge in [-0.2, -0.15) is 0 Å². The maximum absolute atomic E-state index is 11.2. The average Bonchev–Trinajstić information content (AvgIpc) is 2.73. The lowest BCUT2D eigenvalue weighted by Crippen LogP contribution is -2.41. The first-order valence-corrected chi connectivity index (χ1v) is 5.60. The fourth-order valence-corrected chi connectivity index (χ4v) is 2.79. The van der Waals surface area contributed by atoms with Crippen LogP contribution in [-0.2, 0) is 0 Å². The normalized spacial score (nSPS) is 31.6. The highest BCUT2D eigenvalue weighted by Gasteiger charge is 2.38. The number of carboxylic acid groups (broad SMARTS) is 1. The molecule has 0 saturated carbocycles. The van der Waals surface area contributed by atoms with Crippen LogP contribution >= 0.6 is 0 Å². The lowest BCUT2D eigenvalue weighted by Gasteiger charge is -2.32. The molecule has 1 saturated heterocycles. The number of amides is 1. The molecule has 1 amide bonds. The molecule has 0 aromatic heterocycles. The van der Waals surface area contributed by atoms with Crippen molar-refractivity contribution < 1.29 is 9.90 Å². The van der Waals surface area contributed by atoms with E-state index in [1.54, 1.807) is 0 Å². The molecule has 3 rings (SSSR count). The fraction of sp³-hybridized carbons (Fsp3) is 0.417. The molecule has 2 N–H and O–H groups in total. The molecule has 1 fully saturated rings. The van der Waals surface area contributed by atoms with Crippen molar-refractivity contribution >= 4 is 6.09 Å². The van der Waals surface area contributed by atoms with Crippen LogP contribution in [0.1, 0.15) is 6.42 Å². The Bertz CT molecular complexity index is 423. The Kier molecular flexibility index (Phi) is 2.11. The molecule has 2 unspecified atom stereocenters. The summed E-state index contributed by atoms with van der Waals surface area (Å²) < 4.78 is 0. The Morgan fingerprint density at radius 3 is 3.19 bits per heavy atom. The number of likely N-dealkylation sites (tertiary alicyclic amines) is 1. The van der Waals surface area contributed by atoms with E-state index in [1.165, 1.54) is 4.90 Å². The van der Waals surface area contributed by atoms with E-state index < -0.39 is 6.09 Å². The van der Waals surface area contributed by atoms with E-state index in [0.29, 0.717) is 12.5 Å². The van der Waals surface area contributed by atoms with Gasteiger partial charge >= 0.3 is 6.09 Å². The summed E-state index contributed by atoms with van der Waals surface area (Å²) in [6.07, 6.45) is 8.19. The average molecular weight is 218 g/mol. The van der Waals surface area contributed by atoms with E-state index >= 15 is 0 Å². The summed E-state index contributed by atoms with van der Waals surface area (Å²) in [5, 5.41) is 12.6. The van der Waals surface area contributed by atoms with Crippen molar-refractivity contribution in [1.82, 2.24) is 10.2 Å². The second kappa shape index (κ2) is 3.49. The molecule has 2 heterocycles. The second-order valence-electron chi connectivity index (χ2n) is 4.39. The third kappa shape index (κ3) is 1.30. The number of fused-ring (bicyclic) bond motifs is 2. The van der Waals surface area contributed by atoms with Crippen LogP contribution < -0.4 is 5.32 Å². The van der Waals surface area contributed by atoms with Crippen molar-refractivity contribution in [3.63, 3.8) is 0 Å². The molecule has 2 atom stereocenters. The van der Waals surface area contributed by atoms with Crippen molar-refractivity contribution in [3.8, 4) is 0 Å². The topological polar surface area (TPSA) is 52.6 Å². The number of hydrogen-bond donors (Lipinski definition) is 2. The number of rotatable bonds is 0. The maximum Gasteiger partial charge on any atom is 0.411 e. The molecule has 4 heteroatoms. The minimum absolute atomic E-state index is 0.191. The van der Waals surface area contributed by atoms with Crippen LogP contribution in [-0.4, -0.2) is 35.2 Å². The van der Waals surface area contributed by atoms with Crippen molar-refractivity contribution in [1.29, 1.82) is 0 Å². The van der Waals surface area contributed by atoms with Gasteiger partial charge in [0.25, 0.3) is 0 Å². The summed E-state index contributed by atoms with van der Waals surface area (Å²) >= 11 is 0. The van der Waals surface area contributed by atoms with Gasteiger partial charge in [0, 0.05) is 24.7 Å². The summed E-state index contributed by atoms with van der Waals surface area (Å²) in [4.78, 5) is 12.7. The Morgan fingerprint density at radius 2 is 2.38 bits per heavy atom. The first kappa shape index (κ1) is 9.66. The van der Waals surface area contributed by atoms with Gasteiger partial charge in [0.05, 0.1) is 6.04 Å². The van der Waals surface area contributed by atoms with Gasteiger partial charge in [-0.05, 0) is 12.0 Å². The number of carbonyl (C=O) groups is 1. The van der Waals surface area contributed by atoms with Gasteiger partial charge in [-0.15, -0.1) is 0 Å². The number of nitrogens with one attached hydrogen (secondary N) is 1. The van der Waals surface area contributed by atoms with Crippen molar-refractivity contribution in [3.05, 3.63) is 35.6 Å². The predicted molar refractivity (Wildman–Crippen MR) is 59.9 cm³/mol. The van der Waals surface area contributed by atoms with Crippen LogP contribution in [0.5, 0.6) is 0 Å².